The molecule has 5 heteroatoms. The molecule has 0 saturated carbocycles. The van der Waals surface area contributed by atoms with Crippen molar-refractivity contribution in [2.75, 3.05) is 0 Å². The van der Waals surface area contributed by atoms with Crippen molar-refractivity contribution in [3.8, 4) is 56.4 Å². The Balaban J connectivity index is 0.953. The summed E-state index contributed by atoms with van der Waals surface area (Å²) in [4.78, 5) is 15.6. The number of benzene rings is 10. The summed E-state index contributed by atoms with van der Waals surface area (Å²) in [6.45, 7) is 0. The lowest BCUT2D eigenvalue weighted by Gasteiger charge is -2.13. The molecule has 0 aliphatic rings. The number of fused-ring (bicyclic) bond motifs is 6. The minimum Gasteiger partial charge on any atom is -0.455 e. The maximum Gasteiger partial charge on any atom is 0.164 e. The molecule has 0 fully saturated rings. The largest absolute Gasteiger partial charge is 0.455 e. The first-order valence-corrected chi connectivity index (χ1v) is 21.0. The van der Waals surface area contributed by atoms with Crippen molar-refractivity contribution in [2.24, 2.45) is 0 Å². The lowest BCUT2D eigenvalue weighted by atomic mass is 9.91. The van der Waals surface area contributed by atoms with E-state index in [1.807, 2.05) is 41.7 Å². The van der Waals surface area contributed by atoms with E-state index in [1.54, 1.807) is 0 Å². The lowest BCUT2D eigenvalue weighted by molar-refractivity contribution is 0.670. The molecule has 10 aromatic carbocycles. The van der Waals surface area contributed by atoms with Gasteiger partial charge in [0.15, 0.2) is 17.5 Å². The summed E-state index contributed by atoms with van der Waals surface area (Å²) in [6.07, 6.45) is 0. The fourth-order valence-electron chi connectivity index (χ4n) is 9.25. The van der Waals surface area contributed by atoms with Crippen LogP contribution in [0, 0.1) is 0 Å². The third-order valence-electron chi connectivity index (χ3n) is 12.0. The molecule has 0 spiro atoms. The van der Waals surface area contributed by atoms with Gasteiger partial charge in [-0.3, -0.25) is 0 Å². The monoisotopic (exact) mass is 781 g/mol. The molecule has 0 aliphatic heterocycles. The highest BCUT2D eigenvalue weighted by Gasteiger charge is 2.19. The fraction of sp³-hybridized carbons (Fsp3) is 0. The van der Waals surface area contributed by atoms with Gasteiger partial charge in [0, 0.05) is 53.2 Å². The second-order valence-corrected chi connectivity index (χ2v) is 16.6. The Morgan fingerprint density at radius 2 is 0.967 bits per heavy atom. The van der Waals surface area contributed by atoms with Crippen LogP contribution in [-0.2, 0) is 0 Å². The number of hydrogen-bond acceptors (Lipinski definition) is 5. The summed E-state index contributed by atoms with van der Waals surface area (Å²) in [6, 6.07) is 66.8. The SMILES string of the molecule is c1ccc(-c2nc(-c3cccc(-c4cccc5c4oc4ccccc45)c3)nc(-c3cccc4sc5cc(-c6cc7ccc8cccc9ccc(c6)c7c89)ccc5c34)n2)cc1. The van der Waals surface area contributed by atoms with Gasteiger partial charge in [-0.05, 0) is 85.4 Å². The summed E-state index contributed by atoms with van der Waals surface area (Å²) in [5, 5.41) is 12.3. The second kappa shape index (κ2) is 12.9. The highest BCUT2D eigenvalue weighted by Crippen LogP contribution is 2.43. The van der Waals surface area contributed by atoms with Crippen LogP contribution in [0.3, 0.4) is 0 Å². The predicted molar refractivity (Wildman–Crippen MR) is 251 cm³/mol. The van der Waals surface area contributed by atoms with Crippen molar-refractivity contribution >= 4 is 85.8 Å². The maximum atomic E-state index is 6.44. The summed E-state index contributed by atoms with van der Waals surface area (Å²) in [7, 11) is 0. The number of rotatable bonds is 5. The molecular weight excluding hydrogens is 751 g/mol. The molecule has 0 bridgehead atoms. The Morgan fingerprint density at radius 3 is 1.82 bits per heavy atom. The van der Waals surface area contributed by atoms with Crippen LogP contribution in [0.15, 0.2) is 192 Å². The lowest BCUT2D eigenvalue weighted by Crippen LogP contribution is -2.00. The molecule has 278 valence electrons. The van der Waals surface area contributed by atoms with E-state index in [0.29, 0.717) is 17.5 Å². The van der Waals surface area contributed by atoms with Crippen molar-refractivity contribution < 1.29 is 4.42 Å². The molecule has 0 aliphatic carbocycles. The van der Waals surface area contributed by atoms with Crippen LogP contribution in [-0.4, -0.2) is 15.0 Å². The van der Waals surface area contributed by atoms with E-state index in [1.165, 1.54) is 58.2 Å². The van der Waals surface area contributed by atoms with Crippen molar-refractivity contribution in [1.29, 1.82) is 0 Å². The van der Waals surface area contributed by atoms with E-state index in [9.17, 15) is 0 Å². The van der Waals surface area contributed by atoms with Crippen LogP contribution < -0.4 is 0 Å². The smallest absolute Gasteiger partial charge is 0.164 e. The van der Waals surface area contributed by atoms with Gasteiger partial charge >= 0.3 is 0 Å². The standard InChI is InChI=1S/C55H31N3OS/c1-2-10-34(11-3-1)53-56-54(39-15-7-14-36(28-39)41-17-8-18-43-42-16-4-5-20-46(42)59-52(41)43)58-55(57-53)45-19-9-21-47-51(45)44-27-26-35(31-48(44)60-47)40-29-37-24-22-32-12-6-13-33-23-25-38(30-40)50(37)49(32)33/h1-31H. The maximum absolute atomic E-state index is 6.44. The van der Waals surface area contributed by atoms with Crippen LogP contribution in [0.25, 0.3) is 131 Å². The van der Waals surface area contributed by atoms with Gasteiger partial charge in [-0.2, -0.15) is 0 Å². The van der Waals surface area contributed by atoms with Gasteiger partial charge in [0.2, 0.25) is 0 Å². The van der Waals surface area contributed by atoms with Gasteiger partial charge in [-0.25, -0.2) is 15.0 Å². The zero-order valence-electron chi connectivity index (χ0n) is 32.1. The minimum absolute atomic E-state index is 0.616. The number of thiophene rings is 1. The average molecular weight is 782 g/mol. The third kappa shape index (κ3) is 5.13. The molecule has 0 saturated heterocycles. The number of nitrogens with zero attached hydrogens (tertiary/aromatic N) is 3. The number of aromatic nitrogens is 3. The Kier molecular flexibility index (Phi) is 7.14. The molecule has 4 nitrogen and oxygen atoms in total. The summed E-state index contributed by atoms with van der Waals surface area (Å²) < 4.78 is 8.86. The Hall–Kier alpha value is -7.73. The van der Waals surface area contributed by atoms with Crippen LogP contribution in [0.5, 0.6) is 0 Å². The van der Waals surface area contributed by atoms with Gasteiger partial charge in [-0.15, -0.1) is 11.3 Å². The normalized spacial score (nSPS) is 12.0. The molecular formula is C55H31N3OS. The van der Waals surface area contributed by atoms with E-state index >= 15 is 0 Å². The Morgan fingerprint density at radius 1 is 0.333 bits per heavy atom. The molecule has 3 heterocycles. The zero-order valence-corrected chi connectivity index (χ0v) is 32.9. The minimum atomic E-state index is 0.616. The topological polar surface area (TPSA) is 51.8 Å². The number of para-hydroxylation sites is 2. The number of hydrogen-bond donors (Lipinski definition) is 0. The quantitative estimate of drug-likeness (QED) is 0.163. The molecule has 13 aromatic rings. The van der Waals surface area contributed by atoms with Crippen molar-refractivity contribution in [1.82, 2.24) is 15.0 Å². The first kappa shape index (κ1) is 33.3. The highest BCUT2D eigenvalue weighted by atomic mass is 32.1. The number of furan rings is 1. The molecule has 13 rings (SSSR count). The van der Waals surface area contributed by atoms with Gasteiger partial charge < -0.3 is 4.42 Å². The van der Waals surface area contributed by atoms with Crippen LogP contribution in [0.4, 0.5) is 0 Å². The first-order chi connectivity index (χ1) is 29.7. The van der Waals surface area contributed by atoms with E-state index in [2.05, 4.69) is 158 Å². The van der Waals surface area contributed by atoms with Crippen molar-refractivity contribution in [3.63, 3.8) is 0 Å². The molecule has 0 radical (unpaired) electrons. The summed E-state index contributed by atoms with van der Waals surface area (Å²) >= 11 is 1.81. The molecule has 0 atom stereocenters. The van der Waals surface area contributed by atoms with E-state index in [-0.39, 0.29) is 0 Å². The highest BCUT2D eigenvalue weighted by molar-refractivity contribution is 7.26. The van der Waals surface area contributed by atoms with Gasteiger partial charge in [-0.1, -0.05) is 152 Å². The summed E-state index contributed by atoms with van der Waals surface area (Å²) in [5.41, 5.74) is 9.06. The van der Waals surface area contributed by atoms with E-state index in [0.717, 1.165) is 55.1 Å². The van der Waals surface area contributed by atoms with Gasteiger partial charge in [0.05, 0.1) is 0 Å². The molecule has 0 N–H and O–H groups in total. The van der Waals surface area contributed by atoms with Gasteiger partial charge in [0.1, 0.15) is 11.2 Å². The van der Waals surface area contributed by atoms with E-state index in [4.69, 9.17) is 19.4 Å². The van der Waals surface area contributed by atoms with Crippen LogP contribution in [0.1, 0.15) is 0 Å². The zero-order chi connectivity index (χ0) is 39.3. The van der Waals surface area contributed by atoms with Gasteiger partial charge in [0.25, 0.3) is 0 Å². The summed E-state index contributed by atoms with van der Waals surface area (Å²) in [5.74, 6) is 1.89. The van der Waals surface area contributed by atoms with Crippen LogP contribution >= 0.6 is 11.3 Å². The first-order valence-electron chi connectivity index (χ1n) is 20.2. The third-order valence-corrected chi connectivity index (χ3v) is 13.2. The second-order valence-electron chi connectivity index (χ2n) is 15.5. The van der Waals surface area contributed by atoms with E-state index < -0.39 is 0 Å². The van der Waals surface area contributed by atoms with Crippen molar-refractivity contribution in [3.05, 3.63) is 188 Å². The van der Waals surface area contributed by atoms with Crippen molar-refractivity contribution in [2.45, 2.75) is 0 Å². The predicted octanol–water partition coefficient (Wildman–Crippen LogP) is 15.4. The molecule has 60 heavy (non-hydrogen) atoms. The Labute approximate surface area is 348 Å². The fourth-order valence-corrected chi connectivity index (χ4v) is 10.4. The van der Waals surface area contributed by atoms with Crippen LogP contribution in [0.2, 0.25) is 0 Å². The Bertz CT molecular complexity index is 3780. The molecule has 0 unspecified atom stereocenters. The molecule has 0 amide bonds. The molecule has 3 aromatic heterocycles. The average Bonchev–Trinajstić information content (AvgIpc) is 3.89.